The zero-order valence-corrected chi connectivity index (χ0v) is 24.7. The predicted octanol–water partition coefficient (Wildman–Crippen LogP) is 3.52. The highest BCUT2D eigenvalue weighted by molar-refractivity contribution is 5.81. The molecular formula is C29H54O11. The van der Waals surface area contributed by atoms with Crippen LogP contribution in [0.5, 0.6) is 0 Å². The number of rotatable bonds is 33. The molecule has 0 aromatic heterocycles. The summed E-state index contributed by atoms with van der Waals surface area (Å²) in [5, 5.41) is 0. The molecule has 0 amide bonds. The predicted molar refractivity (Wildman–Crippen MR) is 150 cm³/mol. The fourth-order valence-corrected chi connectivity index (χ4v) is 3.19. The van der Waals surface area contributed by atoms with Crippen LogP contribution in [0, 0.1) is 0 Å². The van der Waals surface area contributed by atoms with E-state index in [9.17, 15) is 9.59 Å². The molecule has 0 radical (unpaired) electrons. The topological polar surface area (TPSA) is 117 Å². The van der Waals surface area contributed by atoms with E-state index >= 15 is 0 Å². The molecule has 0 atom stereocenters. The van der Waals surface area contributed by atoms with Crippen LogP contribution >= 0.6 is 0 Å². The summed E-state index contributed by atoms with van der Waals surface area (Å²) in [7, 11) is 0. The molecule has 236 valence electrons. The van der Waals surface area contributed by atoms with E-state index in [1.807, 2.05) is 0 Å². The number of unbranched alkanes of at least 4 members (excludes halogenated alkanes) is 6. The van der Waals surface area contributed by atoms with Gasteiger partial charge in [-0.2, -0.15) is 0 Å². The Labute approximate surface area is 241 Å². The molecule has 11 nitrogen and oxygen atoms in total. The lowest BCUT2D eigenvalue weighted by Crippen LogP contribution is -2.15. The summed E-state index contributed by atoms with van der Waals surface area (Å²) < 4.78 is 47.7. The van der Waals surface area contributed by atoms with Gasteiger partial charge in [-0.3, -0.25) is 4.79 Å². The van der Waals surface area contributed by atoms with Gasteiger partial charge < -0.3 is 42.6 Å². The molecule has 11 heteroatoms. The SMILES string of the molecule is C=CC(=O)OCCOCCOCCOCCOCCOCCOCCOCCOC(=O)CCCCCCCCC. The molecule has 0 aliphatic carbocycles. The van der Waals surface area contributed by atoms with Crippen LogP contribution in [0.2, 0.25) is 0 Å². The molecular weight excluding hydrogens is 524 g/mol. The van der Waals surface area contributed by atoms with Gasteiger partial charge in [0.25, 0.3) is 0 Å². The second-order valence-electron chi connectivity index (χ2n) is 8.75. The molecule has 0 spiro atoms. The number of hydrogen-bond acceptors (Lipinski definition) is 11. The maximum Gasteiger partial charge on any atom is 0.330 e. The summed E-state index contributed by atoms with van der Waals surface area (Å²) in [5.74, 6) is -0.604. The van der Waals surface area contributed by atoms with Crippen LogP contribution in [0.25, 0.3) is 0 Å². The van der Waals surface area contributed by atoms with E-state index in [0.717, 1.165) is 18.9 Å². The fraction of sp³-hybridized carbons (Fsp3) is 0.862. The molecule has 0 aromatic carbocycles. The number of esters is 2. The Kier molecular flexibility index (Phi) is 32.3. The first-order valence-electron chi connectivity index (χ1n) is 14.7. The van der Waals surface area contributed by atoms with E-state index in [0.29, 0.717) is 98.9 Å². The minimum Gasteiger partial charge on any atom is -0.463 e. The quantitative estimate of drug-likeness (QED) is 0.0647. The first-order chi connectivity index (χ1) is 19.7. The Hall–Kier alpha value is -1.60. The van der Waals surface area contributed by atoms with Gasteiger partial charge >= 0.3 is 11.9 Å². The van der Waals surface area contributed by atoms with E-state index in [1.165, 1.54) is 32.1 Å². The van der Waals surface area contributed by atoms with E-state index in [1.54, 1.807) is 0 Å². The van der Waals surface area contributed by atoms with Gasteiger partial charge in [0, 0.05) is 12.5 Å². The van der Waals surface area contributed by atoms with Crippen molar-refractivity contribution in [3.63, 3.8) is 0 Å². The maximum absolute atomic E-state index is 11.7. The minimum absolute atomic E-state index is 0.144. The van der Waals surface area contributed by atoms with Crippen molar-refractivity contribution in [2.45, 2.75) is 58.3 Å². The van der Waals surface area contributed by atoms with Gasteiger partial charge in [0.05, 0.1) is 92.5 Å². The molecule has 40 heavy (non-hydrogen) atoms. The highest BCUT2D eigenvalue weighted by Crippen LogP contribution is 2.08. The summed E-state index contributed by atoms with van der Waals surface area (Å²) in [5.41, 5.74) is 0. The van der Waals surface area contributed by atoms with Crippen LogP contribution in [0.1, 0.15) is 58.3 Å². The van der Waals surface area contributed by atoms with Crippen molar-refractivity contribution in [3.05, 3.63) is 12.7 Å². The molecule has 0 aliphatic heterocycles. The number of carbonyl (C=O) groups excluding carboxylic acids is 2. The summed E-state index contributed by atoms with van der Waals surface area (Å²) in [4.78, 5) is 22.5. The van der Waals surface area contributed by atoms with Gasteiger partial charge in [0.15, 0.2) is 0 Å². The van der Waals surface area contributed by atoms with E-state index in [2.05, 4.69) is 13.5 Å². The zero-order valence-electron chi connectivity index (χ0n) is 24.7. The Balaban J connectivity index is 3.12. The van der Waals surface area contributed by atoms with Crippen molar-refractivity contribution in [1.29, 1.82) is 0 Å². The van der Waals surface area contributed by atoms with Crippen molar-refractivity contribution < 1.29 is 52.2 Å². The van der Waals surface area contributed by atoms with Gasteiger partial charge in [-0.1, -0.05) is 52.0 Å². The first kappa shape index (κ1) is 38.4. The van der Waals surface area contributed by atoms with Gasteiger partial charge in [0.2, 0.25) is 0 Å². The molecule has 0 saturated carbocycles. The average molecular weight is 579 g/mol. The molecule has 0 aliphatic rings. The summed E-state index contributed by atoms with van der Waals surface area (Å²) in [6.45, 7) is 12.3. The second-order valence-corrected chi connectivity index (χ2v) is 8.75. The van der Waals surface area contributed by atoms with Gasteiger partial charge in [-0.25, -0.2) is 4.79 Å². The highest BCUT2D eigenvalue weighted by Gasteiger charge is 2.02. The van der Waals surface area contributed by atoms with E-state index < -0.39 is 5.97 Å². The van der Waals surface area contributed by atoms with Crippen LogP contribution in [0.4, 0.5) is 0 Å². The molecule has 0 heterocycles. The first-order valence-corrected chi connectivity index (χ1v) is 14.7. The fourth-order valence-electron chi connectivity index (χ4n) is 3.19. The van der Waals surface area contributed by atoms with Crippen molar-refractivity contribution in [1.82, 2.24) is 0 Å². The van der Waals surface area contributed by atoms with E-state index in [-0.39, 0.29) is 19.2 Å². The zero-order chi connectivity index (χ0) is 29.2. The van der Waals surface area contributed by atoms with Crippen LogP contribution in [-0.2, 0) is 52.2 Å². The molecule has 0 bridgehead atoms. The van der Waals surface area contributed by atoms with Gasteiger partial charge in [0.1, 0.15) is 13.2 Å². The standard InChI is InChI=1S/C29H54O11/c1-3-5-6-7-8-9-10-11-29(31)40-27-25-38-23-21-36-19-17-34-15-13-32-12-14-33-16-18-35-20-22-37-24-26-39-28(30)4-2/h4H,2-3,5-27H2,1H3. The smallest absolute Gasteiger partial charge is 0.330 e. The monoisotopic (exact) mass is 578 g/mol. The van der Waals surface area contributed by atoms with Crippen LogP contribution in [0.3, 0.4) is 0 Å². The Morgan fingerprint density at radius 1 is 0.475 bits per heavy atom. The van der Waals surface area contributed by atoms with Gasteiger partial charge in [-0.05, 0) is 6.42 Å². The Morgan fingerprint density at radius 3 is 1.18 bits per heavy atom. The molecule has 0 rings (SSSR count). The maximum atomic E-state index is 11.7. The Morgan fingerprint density at radius 2 is 0.800 bits per heavy atom. The summed E-state index contributed by atoms with van der Waals surface area (Å²) >= 11 is 0. The van der Waals surface area contributed by atoms with Crippen LogP contribution in [-0.4, -0.2) is 118 Å². The van der Waals surface area contributed by atoms with Crippen LogP contribution in [0.15, 0.2) is 12.7 Å². The normalized spacial score (nSPS) is 11.0. The largest absolute Gasteiger partial charge is 0.463 e. The minimum atomic E-state index is -0.459. The summed E-state index contributed by atoms with van der Waals surface area (Å²) in [6.07, 6.45) is 9.90. The molecule has 0 N–H and O–H groups in total. The Bertz CT molecular complexity index is 560. The number of hydrogen-bond donors (Lipinski definition) is 0. The number of carbonyl (C=O) groups is 2. The van der Waals surface area contributed by atoms with Crippen molar-refractivity contribution in [2.75, 3.05) is 106 Å². The lowest BCUT2D eigenvalue weighted by Gasteiger charge is -2.09. The third-order valence-corrected chi connectivity index (χ3v) is 5.35. The van der Waals surface area contributed by atoms with Crippen molar-refractivity contribution in [3.8, 4) is 0 Å². The lowest BCUT2D eigenvalue weighted by molar-refractivity contribution is -0.145. The summed E-state index contributed by atoms with van der Waals surface area (Å²) in [6, 6.07) is 0. The third kappa shape index (κ3) is 32.6. The molecule has 0 saturated heterocycles. The van der Waals surface area contributed by atoms with Gasteiger partial charge in [-0.15, -0.1) is 0 Å². The average Bonchev–Trinajstić information content (AvgIpc) is 2.96. The highest BCUT2D eigenvalue weighted by atomic mass is 16.6. The van der Waals surface area contributed by atoms with Crippen molar-refractivity contribution >= 4 is 11.9 Å². The molecule has 0 unspecified atom stereocenters. The van der Waals surface area contributed by atoms with E-state index in [4.69, 9.17) is 42.6 Å². The lowest BCUT2D eigenvalue weighted by atomic mass is 10.1. The van der Waals surface area contributed by atoms with Crippen molar-refractivity contribution in [2.24, 2.45) is 0 Å². The third-order valence-electron chi connectivity index (χ3n) is 5.35. The second kappa shape index (κ2) is 33.6. The number of ether oxygens (including phenoxy) is 9. The molecule has 0 aromatic rings. The van der Waals surface area contributed by atoms with Crippen LogP contribution < -0.4 is 0 Å². The molecule has 0 fully saturated rings.